The Hall–Kier alpha value is 0.0569. The van der Waals surface area contributed by atoms with Gasteiger partial charge in [0.2, 0.25) is 0 Å². The summed E-state index contributed by atoms with van der Waals surface area (Å²) < 4.78 is 11.4. The lowest BCUT2D eigenvalue weighted by atomic mass is 10.1. The van der Waals surface area contributed by atoms with Crippen LogP contribution in [0.3, 0.4) is 0 Å². The van der Waals surface area contributed by atoms with E-state index < -0.39 is 8.80 Å². The molecule has 2 aliphatic heterocycles. The molecule has 0 aromatic carbocycles. The van der Waals surface area contributed by atoms with Crippen LogP contribution < -0.4 is 4.98 Å². The lowest BCUT2D eigenvalue weighted by Crippen LogP contribution is -2.69. The maximum atomic E-state index is 6.18. The quantitative estimate of drug-likeness (QED) is 0.733. The van der Waals surface area contributed by atoms with E-state index >= 15 is 0 Å². The van der Waals surface area contributed by atoms with Crippen LogP contribution in [-0.2, 0) is 4.43 Å². The minimum atomic E-state index is -1.90. The molecule has 1 N–H and O–H groups in total. The number of nitrogens with zero attached hydrogens (tertiary/aromatic N) is 2. The van der Waals surface area contributed by atoms with Crippen LogP contribution in [0.15, 0.2) is 0 Å². The molecule has 16 heavy (non-hydrogen) atoms. The number of nitrogens with one attached hydrogen (secondary N) is 1. The van der Waals surface area contributed by atoms with E-state index in [1.807, 2.05) is 0 Å². The molecule has 3 aliphatic rings. The highest BCUT2D eigenvalue weighted by atomic mass is 28.4. The van der Waals surface area contributed by atoms with E-state index in [1.54, 1.807) is 0 Å². The number of hydrogen-bond acceptors (Lipinski definition) is 4. The molecule has 92 valence electrons. The molecule has 2 saturated heterocycles. The van der Waals surface area contributed by atoms with Crippen LogP contribution in [0.2, 0.25) is 0 Å². The molecule has 5 heteroatoms. The minimum Gasteiger partial charge on any atom is -0.378 e. The summed E-state index contributed by atoms with van der Waals surface area (Å²) in [5.41, 5.74) is 0.503. The largest absolute Gasteiger partial charge is 0.446 e. The predicted octanol–water partition coefficient (Wildman–Crippen LogP) is 0.622. The molecule has 1 spiro atoms. The second kappa shape index (κ2) is 3.78. The Morgan fingerprint density at radius 3 is 2.75 bits per heavy atom. The molecule has 4 nitrogen and oxygen atoms in total. The van der Waals surface area contributed by atoms with E-state index in [0.29, 0.717) is 5.54 Å². The van der Waals surface area contributed by atoms with Crippen LogP contribution >= 0.6 is 0 Å². The Balaban J connectivity index is 1.84. The normalized spacial score (nSPS) is 38.6. The Kier molecular flexibility index (Phi) is 2.64. The average Bonchev–Trinajstić information content (AvgIpc) is 2.77. The number of hydrogen-bond donors (Lipinski definition) is 1. The molecule has 1 saturated carbocycles. The maximum absolute atomic E-state index is 6.18. The zero-order valence-corrected chi connectivity index (χ0v) is 11.5. The Morgan fingerprint density at radius 1 is 1.38 bits per heavy atom. The molecule has 3 fully saturated rings. The molecule has 1 aliphatic carbocycles. The van der Waals surface area contributed by atoms with E-state index in [9.17, 15) is 0 Å². The van der Waals surface area contributed by atoms with Crippen molar-refractivity contribution in [3.8, 4) is 0 Å². The van der Waals surface area contributed by atoms with Crippen LogP contribution in [0.4, 0.5) is 0 Å². The molecule has 0 bridgehead atoms. The van der Waals surface area contributed by atoms with E-state index in [1.165, 1.54) is 32.2 Å². The Labute approximate surface area is 99.3 Å². The van der Waals surface area contributed by atoms with E-state index in [0.717, 1.165) is 19.7 Å². The molecular formula is C11H23N3OSi. The second-order valence-electron chi connectivity index (χ2n) is 5.43. The molecule has 0 aromatic rings. The molecule has 0 aromatic heterocycles. The molecular weight excluding hydrogens is 218 g/mol. The fraction of sp³-hybridized carbons (Fsp3) is 1.00. The molecule has 0 radical (unpaired) electrons. The van der Waals surface area contributed by atoms with E-state index in [2.05, 4.69) is 28.1 Å². The number of rotatable bonds is 3. The smallest absolute Gasteiger partial charge is 0.378 e. The summed E-state index contributed by atoms with van der Waals surface area (Å²) in [6.07, 6.45) is 5.41. The fourth-order valence-electron chi connectivity index (χ4n) is 3.46. The molecule has 3 rings (SSSR count). The SMILES string of the molecule is CCCC1(N2CCN[Si]23OCCN3C)CC1. The van der Waals surface area contributed by atoms with Gasteiger partial charge in [0.15, 0.2) is 0 Å². The minimum absolute atomic E-state index is 0.503. The summed E-state index contributed by atoms with van der Waals surface area (Å²) in [4.78, 5) is 3.70. The highest BCUT2D eigenvalue weighted by molar-refractivity contribution is 6.67. The fourth-order valence-corrected chi connectivity index (χ4v) is 7.41. The van der Waals surface area contributed by atoms with Gasteiger partial charge >= 0.3 is 8.80 Å². The van der Waals surface area contributed by atoms with E-state index in [4.69, 9.17) is 4.43 Å². The van der Waals surface area contributed by atoms with Crippen molar-refractivity contribution < 1.29 is 4.43 Å². The summed E-state index contributed by atoms with van der Waals surface area (Å²) in [7, 11) is 0.333. The van der Waals surface area contributed by atoms with Crippen molar-refractivity contribution in [3.05, 3.63) is 0 Å². The van der Waals surface area contributed by atoms with E-state index in [-0.39, 0.29) is 0 Å². The molecule has 0 amide bonds. The van der Waals surface area contributed by atoms with Crippen LogP contribution in [0, 0.1) is 0 Å². The third-order valence-corrected chi connectivity index (χ3v) is 8.42. The Morgan fingerprint density at radius 2 is 2.19 bits per heavy atom. The third kappa shape index (κ3) is 1.42. The van der Waals surface area contributed by atoms with Crippen molar-refractivity contribution in [2.24, 2.45) is 0 Å². The standard InChI is InChI=1S/C11H23N3OSi/c1-3-4-11(5-6-11)14-8-7-12-16(14)13(2)9-10-15-16/h12H,3-10H2,1-2H3. The summed E-state index contributed by atoms with van der Waals surface area (Å²) in [5.74, 6) is 0. The first-order valence-corrected chi connectivity index (χ1v) is 8.42. The van der Waals surface area contributed by atoms with Gasteiger partial charge in [-0.25, -0.2) is 0 Å². The van der Waals surface area contributed by atoms with Crippen molar-refractivity contribution in [2.45, 2.75) is 38.1 Å². The van der Waals surface area contributed by atoms with Gasteiger partial charge in [0.25, 0.3) is 0 Å². The topological polar surface area (TPSA) is 27.7 Å². The van der Waals surface area contributed by atoms with Crippen LogP contribution in [0.25, 0.3) is 0 Å². The third-order valence-electron chi connectivity index (χ3n) is 4.42. The first kappa shape index (κ1) is 11.2. The molecule has 2 heterocycles. The summed E-state index contributed by atoms with van der Waals surface area (Å²) in [6, 6.07) is 0. The predicted molar refractivity (Wildman–Crippen MR) is 65.9 cm³/mol. The maximum Gasteiger partial charge on any atom is 0.446 e. The number of likely N-dealkylation sites (N-methyl/N-ethyl adjacent to an activating group) is 1. The Bertz CT molecular complexity index is 280. The summed E-state index contributed by atoms with van der Waals surface area (Å²) >= 11 is 0. The van der Waals surface area contributed by atoms with Gasteiger partial charge in [0.05, 0.1) is 0 Å². The molecule has 1 atom stereocenters. The van der Waals surface area contributed by atoms with Gasteiger partial charge in [-0.1, -0.05) is 13.3 Å². The zero-order chi connectivity index (χ0) is 11.2. The van der Waals surface area contributed by atoms with Crippen LogP contribution in [-0.4, -0.2) is 56.8 Å². The van der Waals surface area contributed by atoms with Gasteiger partial charge < -0.3 is 4.43 Å². The van der Waals surface area contributed by atoms with Crippen LogP contribution in [0.5, 0.6) is 0 Å². The van der Waals surface area contributed by atoms with Crippen molar-refractivity contribution >= 4 is 8.80 Å². The van der Waals surface area contributed by atoms with Gasteiger partial charge in [-0.05, 0) is 26.3 Å². The lowest BCUT2D eigenvalue weighted by molar-refractivity contribution is 0.214. The molecule has 1 unspecified atom stereocenters. The van der Waals surface area contributed by atoms with Gasteiger partial charge in [-0.15, -0.1) is 0 Å². The zero-order valence-electron chi connectivity index (χ0n) is 10.5. The summed E-state index contributed by atoms with van der Waals surface area (Å²) in [5, 5.41) is 0. The van der Waals surface area contributed by atoms with Crippen molar-refractivity contribution in [2.75, 3.05) is 33.3 Å². The van der Waals surface area contributed by atoms with Gasteiger partial charge in [0.1, 0.15) is 0 Å². The first-order valence-electron chi connectivity index (χ1n) is 6.61. The van der Waals surface area contributed by atoms with Crippen molar-refractivity contribution in [3.63, 3.8) is 0 Å². The monoisotopic (exact) mass is 241 g/mol. The van der Waals surface area contributed by atoms with Crippen molar-refractivity contribution in [1.29, 1.82) is 0 Å². The summed E-state index contributed by atoms with van der Waals surface area (Å²) in [6.45, 7) is 6.61. The van der Waals surface area contributed by atoms with Crippen molar-refractivity contribution in [1.82, 2.24) is 14.1 Å². The highest BCUT2D eigenvalue weighted by Crippen LogP contribution is 2.49. The van der Waals surface area contributed by atoms with Gasteiger partial charge in [-0.3, -0.25) is 14.1 Å². The average molecular weight is 241 g/mol. The van der Waals surface area contributed by atoms with Crippen LogP contribution in [0.1, 0.15) is 32.6 Å². The highest BCUT2D eigenvalue weighted by Gasteiger charge is 2.63. The van der Waals surface area contributed by atoms with Gasteiger partial charge in [0, 0.05) is 31.8 Å². The van der Waals surface area contributed by atoms with Gasteiger partial charge in [-0.2, -0.15) is 0 Å². The first-order chi connectivity index (χ1) is 7.73. The second-order valence-corrected chi connectivity index (χ2v) is 8.59. The lowest BCUT2D eigenvalue weighted by Gasteiger charge is -2.40.